The fourth-order valence-electron chi connectivity index (χ4n) is 1.82. The maximum atomic E-state index is 9.99. The van der Waals surface area contributed by atoms with Gasteiger partial charge in [0.15, 0.2) is 0 Å². The molecule has 0 bridgehead atoms. The minimum Gasteiger partial charge on any atom is -0.389 e. The van der Waals surface area contributed by atoms with E-state index in [-0.39, 0.29) is 5.92 Å². The Hall–Kier alpha value is -0.263. The van der Waals surface area contributed by atoms with Gasteiger partial charge in [0.1, 0.15) is 0 Å². The summed E-state index contributed by atoms with van der Waals surface area (Å²) in [6.45, 7) is 8.91. The van der Waals surface area contributed by atoms with E-state index in [1.807, 2.05) is 6.92 Å². The lowest BCUT2D eigenvalue weighted by Gasteiger charge is -2.20. The van der Waals surface area contributed by atoms with Crippen molar-refractivity contribution in [2.24, 2.45) is 5.92 Å². The zero-order chi connectivity index (χ0) is 10.8. The van der Waals surface area contributed by atoms with Crippen LogP contribution in [0.25, 0.3) is 0 Å². The molecule has 0 heterocycles. The molecule has 1 aliphatic carbocycles. The maximum Gasteiger partial charge on any atom is 0.0756 e. The molecule has 0 amide bonds. The van der Waals surface area contributed by atoms with E-state index in [1.54, 1.807) is 0 Å². The van der Waals surface area contributed by atoms with Gasteiger partial charge >= 0.3 is 0 Å². The average molecular weight is 210 g/mol. The van der Waals surface area contributed by atoms with Gasteiger partial charge in [-0.05, 0) is 26.2 Å². The lowest BCUT2D eigenvalue weighted by molar-refractivity contribution is 0.0422. The molecule has 1 rings (SSSR count). The normalized spacial score (nSPS) is 32.5. The van der Waals surface area contributed by atoms with Gasteiger partial charge in [-0.15, -0.1) is 5.92 Å². The zero-order valence-corrected chi connectivity index (χ0v) is 10.9. The molecule has 1 N–H and O–H groups in total. The van der Waals surface area contributed by atoms with E-state index >= 15 is 0 Å². The lowest BCUT2D eigenvalue weighted by atomic mass is 9.94. The van der Waals surface area contributed by atoms with Crippen LogP contribution in [-0.4, -0.2) is 18.8 Å². The van der Waals surface area contributed by atoms with Gasteiger partial charge in [0.05, 0.1) is 13.7 Å². The summed E-state index contributed by atoms with van der Waals surface area (Å²) in [6.07, 6.45) is 3.12. The standard InChI is InChI=1S/C12H22OSi/c1-12(13)9-5-7-11(12)8-6-10-14(2,3)4/h11,13H,5,7,9-10H2,1-4H3. The Morgan fingerprint density at radius 2 is 2.07 bits per heavy atom. The van der Waals surface area contributed by atoms with Crippen LogP contribution < -0.4 is 0 Å². The first-order valence-electron chi connectivity index (χ1n) is 5.52. The molecule has 0 aromatic carbocycles. The predicted octanol–water partition coefficient (Wildman–Crippen LogP) is 2.88. The highest BCUT2D eigenvalue weighted by Crippen LogP contribution is 2.34. The van der Waals surface area contributed by atoms with Crippen molar-refractivity contribution in [1.82, 2.24) is 0 Å². The molecule has 0 saturated heterocycles. The van der Waals surface area contributed by atoms with E-state index in [2.05, 4.69) is 31.5 Å². The topological polar surface area (TPSA) is 20.2 Å². The number of rotatable bonds is 1. The SMILES string of the molecule is CC1(O)CCCC1C#CC[Si](C)(C)C. The number of hydrogen-bond acceptors (Lipinski definition) is 1. The molecule has 0 aliphatic heterocycles. The highest BCUT2D eigenvalue weighted by molar-refractivity contribution is 6.76. The average Bonchev–Trinajstić information content (AvgIpc) is 2.28. The van der Waals surface area contributed by atoms with E-state index in [1.165, 1.54) is 0 Å². The summed E-state index contributed by atoms with van der Waals surface area (Å²) in [7, 11) is -1.03. The lowest BCUT2D eigenvalue weighted by Crippen LogP contribution is -2.27. The van der Waals surface area contributed by atoms with Crippen molar-refractivity contribution in [3.05, 3.63) is 0 Å². The smallest absolute Gasteiger partial charge is 0.0756 e. The van der Waals surface area contributed by atoms with Gasteiger partial charge in [-0.25, -0.2) is 0 Å². The maximum absolute atomic E-state index is 9.99. The zero-order valence-electron chi connectivity index (χ0n) is 9.85. The van der Waals surface area contributed by atoms with Gasteiger partial charge < -0.3 is 5.11 Å². The molecule has 0 radical (unpaired) electrons. The quantitative estimate of drug-likeness (QED) is 0.521. The monoisotopic (exact) mass is 210 g/mol. The first-order chi connectivity index (χ1) is 6.31. The molecule has 1 saturated carbocycles. The van der Waals surface area contributed by atoms with Crippen molar-refractivity contribution < 1.29 is 5.11 Å². The van der Waals surface area contributed by atoms with Crippen LogP contribution in [0.1, 0.15) is 26.2 Å². The van der Waals surface area contributed by atoms with Crippen LogP contribution in [0.5, 0.6) is 0 Å². The Balaban J connectivity index is 2.52. The largest absolute Gasteiger partial charge is 0.389 e. The summed E-state index contributed by atoms with van der Waals surface area (Å²) in [6, 6.07) is 1.06. The van der Waals surface area contributed by atoms with Crippen LogP contribution in [0.2, 0.25) is 25.7 Å². The third-order valence-corrected chi connectivity index (χ3v) is 4.06. The first-order valence-corrected chi connectivity index (χ1v) is 9.23. The Morgan fingerprint density at radius 3 is 2.50 bits per heavy atom. The van der Waals surface area contributed by atoms with Crippen LogP contribution in [0.3, 0.4) is 0 Å². The number of hydrogen-bond donors (Lipinski definition) is 1. The molecular weight excluding hydrogens is 188 g/mol. The molecule has 2 unspecified atom stereocenters. The molecule has 2 atom stereocenters. The third kappa shape index (κ3) is 3.47. The van der Waals surface area contributed by atoms with E-state index in [9.17, 15) is 5.11 Å². The highest BCUT2D eigenvalue weighted by atomic mass is 28.3. The van der Waals surface area contributed by atoms with E-state index in [0.717, 1.165) is 25.3 Å². The Bertz CT molecular complexity index is 252. The fourth-order valence-corrected chi connectivity index (χ4v) is 2.45. The first kappa shape index (κ1) is 11.8. The summed E-state index contributed by atoms with van der Waals surface area (Å²) in [5, 5.41) is 9.99. The van der Waals surface area contributed by atoms with Crippen molar-refractivity contribution in [2.75, 3.05) is 0 Å². The van der Waals surface area contributed by atoms with Crippen LogP contribution in [0.4, 0.5) is 0 Å². The van der Waals surface area contributed by atoms with Crippen molar-refractivity contribution >= 4 is 8.07 Å². The summed E-state index contributed by atoms with van der Waals surface area (Å²) >= 11 is 0. The summed E-state index contributed by atoms with van der Waals surface area (Å²) in [5.41, 5.74) is -0.521. The molecule has 1 aliphatic rings. The van der Waals surface area contributed by atoms with E-state index in [4.69, 9.17) is 0 Å². The van der Waals surface area contributed by atoms with E-state index < -0.39 is 13.7 Å². The summed E-state index contributed by atoms with van der Waals surface area (Å²) < 4.78 is 0. The minimum absolute atomic E-state index is 0.221. The molecule has 1 nitrogen and oxygen atoms in total. The molecule has 80 valence electrons. The molecule has 0 spiro atoms. The van der Waals surface area contributed by atoms with Gasteiger partial charge in [-0.1, -0.05) is 25.6 Å². The number of aliphatic hydroxyl groups is 1. The Kier molecular flexibility index (Phi) is 3.44. The van der Waals surface area contributed by atoms with Gasteiger partial charge in [0, 0.05) is 12.0 Å². The second-order valence-corrected chi connectivity index (χ2v) is 11.3. The molecule has 14 heavy (non-hydrogen) atoms. The minimum atomic E-state index is -1.03. The molecule has 0 aromatic rings. The van der Waals surface area contributed by atoms with Crippen molar-refractivity contribution in [1.29, 1.82) is 0 Å². The predicted molar refractivity (Wildman–Crippen MR) is 63.9 cm³/mol. The van der Waals surface area contributed by atoms with Crippen molar-refractivity contribution in [2.45, 2.75) is 57.5 Å². The molecule has 1 fully saturated rings. The Labute approximate surface area is 88.9 Å². The second kappa shape index (κ2) is 4.08. The Morgan fingerprint density at radius 1 is 1.43 bits per heavy atom. The second-order valence-electron chi connectivity index (χ2n) is 5.86. The van der Waals surface area contributed by atoms with Crippen LogP contribution in [-0.2, 0) is 0 Å². The van der Waals surface area contributed by atoms with Crippen molar-refractivity contribution in [3.63, 3.8) is 0 Å². The summed E-state index contributed by atoms with van der Waals surface area (Å²) in [4.78, 5) is 0. The molecule has 2 heteroatoms. The van der Waals surface area contributed by atoms with Gasteiger partial charge in [0.2, 0.25) is 0 Å². The fraction of sp³-hybridized carbons (Fsp3) is 0.833. The van der Waals surface area contributed by atoms with Gasteiger partial charge in [-0.2, -0.15) is 0 Å². The summed E-state index contributed by atoms with van der Waals surface area (Å²) in [5.74, 6) is 6.76. The van der Waals surface area contributed by atoms with Gasteiger partial charge in [-0.3, -0.25) is 0 Å². The molecule has 0 aromatic heterocycles. The van der Waals surface area contributed by atoms with E-state index in [0.29, 0.717) is 0 Å². The van der Waals surface area contributed by atoms with Crippen LogP contribution >= 0.6 is 0 Å². The highest BCUT2D eigenvalue weighted by Gasteiger charge is 2.35. The van der Waals surface area contributed by atoms with Crippen molar-refractivity contribution in [3.8, 4) is 11.8 Å². The van der Waals surface area contributed by atoms with Crippen LogP contribution in [0, 0.1) is 17.8 Å². The molecular formula is C12H22OSi. The van der Waals surface area contributed by atoms with Crippen LogP contribution in [0.15, 0.2) is 0 Å². The van der Waals surface area contributed by atoms with Gasteiger partial charge in [0.25, 0.3) is 0 Å². The third-order valence-electron chi connectivity index (χ3n) is 2.82.